The number of benzene rings is 2. The summed E-state index contributed by atoms with van der Waals surface area (Å²) in [6, 6.07) is 17.0. The maximum absolute atomic E-state index is 11.9. The number of thiocarbonyl (C=S) groups is 1. The summed E-state index contributed by atoms with van der Waals surface area (Å²) in [6.07, 6.45) is 5.52. The number of ether oxygens (including phenoxy) is 2. The molecule has 2 aromatic carbocycles. The quantitative estimate of drug-likeness (QED) is 0.588. The van der Waals surface area contributed by atoms with Crippen molar-refractivity contribution in [2.45, 2.75) is 18.9 Å². The van der Waals surface area contributed by atoms with E-state index in [-0.39, 0.29) is 17.1 Å². The lowest BCUT2D eigenvalue weighted by atomic mass is 10.2. The molecule has 0 aromatic heterocycles. The van der Waals surface area contributed by atoms with Crippen molar-refractivity contribution in [3.8, 4) is 5.75 Å². The van der Waals surface area contributed by atoms with Gasteiger partial charge in [0.05, 0.1) is 6.10 Å². The molecule has 5 nitrogen and oxygen atoms in total. The fraction of sp³-hybridized carbons (Fsp3) is 0.238. The number of anilines is 1. The predicted octanol–water partition coefficient (Wildman–Crippen LogP) is 3.77. The first-order valence-corrected chi connectivity index (χ1v) is 9.29. The van der Waals surface area contributed by atoms with Gasteiger partial charge in [-0.1, -0.05) is 30.3 Å². The minimum Gasteiger partial charge on any atom is -0.491 e. The molecule has 1 saturated heterocycles. The number of rotatable bonds is 6. The van der Waals surface area contributed by atoms with E-state index in [2.05, 4.69) is 10.6 Å². The van der Waals surface area contributed by atoms with Gasteiger partial charge in [-0.15, -0.1) is 0 Å². The second-order valence-electron chi connectivity index (χ2n) is 6.16. The molecule has 1 fully saturated rings. The fourth-order valence-electron chi connectivity index (χ4n) is 2.65. The zero-order valence-corrected chi connectivity index (χ0v) is 15.7. The zero-order chi connectivity index (χ0) is 18.9. The van der Waals surface area contributed by atoms with E-state index in [4.69, 9.17) is 21.7 Å². The molecular weight excluding hydrogens is 360 g/mol. The lowest BCUT2D eigenvalue weighted by molar-refractivity contribution is -0.115. The standard InChI is InChI=1S/C21H22N2O3S/c24-20(13-8-16-5-2-1-3-6-16)23-21(27)22-17-9-11-18(12-10-17)26-15-19-7-4-14-25-19/h1-3,5-6,8-13,19H,4,7,14-15H2,(H2,22,23,24,27)/b13-8+/t19-/m1/s1. The van der Waals surface area contributed by atoms with Gasteiger partial charge < -0.3 is 14.8 Å². The van der Waals surface area contributed by atoms with Crippen molar-refractivity contribution in [3.63, 3.8) is 0 Å². The van der Waals surface area contributed by atoms with Crippen LogP contribution < -0.4 is 15.4 Å². The molecule has 2 N–H and O–H groups in total. The Labute approximate surface area is 164 Å². The van der Waals surface area contributed by atoms with Gasteiger partial charge in [0.1, 0.15) is 12.4 Å². The average molecular weight is 382 g/mol. The summed E-state index contributed by atoms with van der Waals surface area (Å²) < 4.78 is 11.3. The minimum atomic E-state index is -0.284. The summed E-state index contributed by atoms with van der Waals surface area (Å²) in [5.41, 5.74) is 1.72. The Morgan fingerprint density at radius 3 is 2.67 bits per heavy atom. The summed E-state index contributed by atoms with van der Waals surface area (Å²) in [5, 5.41) is 5.84. The smallest absolute Gasteiger partial charge is 0.250 e. The van der Waals surface area contributed by atoms with Gasteiger partial charge in [0.2, 0.25) is 5.91 Å². The van der Waals surface area contributed by atoms with Crippen LogP contribution in [0.2, 0.25) is 0 Å². The van der Waals surface area contributed by atoms with Crippen molar-refractivity contribution in [3.05, 3.63) is 66.2 Å². The Bertz CT molecular complexity index is 785. The summed E-state index contributed by atoms with van der Waals surface area (Å²) >= 11 is 5.18. The number of carbonyl (C=O) groups is 1. The molecule has 2 aromatic rings. The van der Waals surface area contributed by atoms with Gasteiger partial charge in [0.25, 0.3) is 0 Å². The highest BCUT2D eigenvalue weighted by atomic mass is 32.1. The molecule has 0 radical (unpaired) electrons. The lowest BCUT2D eigenvalue weighted by Gasteiger charge is -2.12. The lowest BCUT2D eigenvalue weighted by Crippen LogP contribution is -2.32. The minimum absolute atomic E-state index is 0.189. The second-order valence-corrected chi connectivity index (χ2v) is 6.57. The molecule has 0 unspecified atom stereocenters. The van der Waals surface area contributed by atoms with Crippen LogP contribution in [-0.2, 0) is 9.53 Å². The van der Waals surface area contributed by atoms with Gasteiger partial charge in [0.15, 0.2) is 5.11 Å². The third kappa shape index (κ3) is 6.51. The maximum atomic E-state index is 11.9. The number of hydrogen-bond acceptors (Lipinski definition) is 4. The second kappa shape index (κ2) is 9.85. The van der Waals surface area contributed by atoms with Crippen molar-refractivity contribution >= 4 is 35.0 Å². The SMILES string of the molecule is O=C(/C=C/c1ccccc1)NC(=S)Nc1ccc(OC[C@H]2CCCO2)cc1. The van der Waals surface area contributed by atoms with Crippen molar-refractivity contribution in [1.29, 1.82) is 0 Å². The highest BCUT2D eigenvalue weighted by Gasteiger charge is 2.15. The Balaban J connectivity index is 1.43. The third-order valence-electron chi connectivity index (χ3n) is 4.04. The van der Waals surface area contributed by atoms with Gasteiger partial charge in [-0.3, -0.25) is 10.1 Å². The van der Waals surface area contributed by atoms with E-state index in [0.29, 0.717) is 6.61 Å². The van der Waals surface area contributed by atoms with Crippen LogP contribution in [-0.4, -0.2) is 30.3 Å². The highest BCUT2D eigenvalue weighted by molar-refractivity contribution is 7.80. The van der Waals surface area contributed by atoms with E-state index in [1.807, 2.05) is 54.6 Å². The van der Waals surface area contributed by atoms with Crippen LogP contribution in [0.3, 0.4) is 0 Å². The van der Waals surface area contributed by atoms with Crippen molar-refractivity contribution in [2.24, 2.45) is 0 Å². The summed E-state index contributed by atoms with van der Waals surface area (Å²) in [4.78, 5) is 11.9. The molecule has 0 spiro atoms. The molecule has 0 bridgehead atoms. The molecule has 27 heavy (non-hydrogen) atoms. The molecule has 1 amide bonds. The molecule has 1 aliphatic heterocycles. The first kappa shape index (κ1) is 19.1. The van der Waals surface area contributed by atoms with Gasteiger partial charge >= 0.3 is 0 Å². The van der Waals surface area contributed by atoms with Crippen molar-refractivity contribution < 1.29 is 14.3 Å². The van der Waals surface area contributed by atoms with Crippen molar-refractivity contribution in [2.75, 3.05) is 18.5 Å². The number of carbonyl (C=O) groups excluding carboxylic acids is 1. The highest BCUT2D eigenvalue weighted by Crippen LogP contribution is 2.18. The van der Waals surface area contributed by atoms with E-state index in [9.17, 15) is 4.79 Å². The van der Waals surface area contributed by atoms with E-state index in [1.165, 1.54) is 6.08 Å². The van der Waals surface area contributed by atoms with Crippen LogP contribution in [0.25, 0.3) is 6.08 Å². The maximum Gasteiger partial charge on any atom is 0.250 e. The van der Waals surface area contributed by atoms with Crippen LogP contribution in [0.4, 0.5) is 5.69 Å². The summed E-state index contributed by atoms with van der Waals surface area (Å²) in [7, 11) is 0. The monoisotopic (exact) mass is 382 g/mol. The topological polar surface area (TPSA) is 59.6 Å². The van der Waals surface area contributed by atoms with E-state index in [0.717, 1.165) is 36.4 Å². The van der Waals surface area contributed by atoms with E-state index >= 15 is 0 Å². The predicted molar refractivity (Wildman–Crippen MR) is 111 cm³/mol. The first-order chi connectivity index (χ1) is 13.2. The van der Waals surface area contributed by atoms with Gasteiger partial charge in [-0.2, -0.15) is 0 Å². The number of amides is 1. The molecule has 140 valence electrons. The van der Waals surface area contributed by atoms with Crippen LogP contribution >= 0.6 is 12.2 Å². The summed E-state index contributed by atoms with van der Waals surface area (Å²) in [6.45, 7) is 1.38. The Kier molecular flexibility index (Phi) is 6.96. The van der Waals surface area contributed by atoms with Gasteiger partial charge in [-0.05, 0) is 61.0 Å². The average Bonchev–Trinajstić information content (AvgIpc) is 3.20. The Morgan fingerprint density at radius 1 is 1.19 bits per heavy atom. The fourth-order valence-corrected chi connectivity index (χ4v) is 2.87. The van der Waals surface area contributed by atoms with Gasteiger partial charge in [-0.25, -0.2) is 0 Å². The largest absolute Gasteiger partial charge is 0.491 e. The zero-order valence-electron chi connectivity index (χ0n) is 14.9. The molecule has 0 saturated carbocycles. The molecule has 3 rings (SSSR count). The third-order valence-corrected chi connectivity index (χ3v) is 4.24. The molecule has 6 heteroatoms. The normalized spacial score (nSPS) is 16.2. The van der Waals surface area contributed by atoms with Crippen LogP contribution in [0, 0.1) is 0 Å². The van der Waals surface area contributed by atoms with Crippen LogP contribution in [0.1, 0.15) is 18.4 Å². The van der Waals surface area contributed by atoms with Crippen LogP contribution in [0.5, 0.6) is 5.75 Å². The van der Waals surface area contributed by atoms with E-state index < -0.39 is 0 Å². The Hall–Kier alpha value is -2.70. The molecule has 1 atom stereocenters. The van der Waals surface area contributed by atoms with Crippen molar-refractivity contribution in [1.82, 2.24) is 5.32 Å². The van der Waals surface area contributed by atoms with Crippen LogP contribution in [0.15, 0.2) is 60.7 Å². The number of nitrogens with one attached hydrogen (secondary N) is 2. The molecule has 1 heterocycles. The molecular formula is C21H22N2O3S. The van der Waals surface area contributed by atoms with Gasteiger partial charge in [0, 0.05) is 18.4 Å². The number of hydrogen-bond donors (Lipinski definition) is 2. The summed E-state index contributed by atoms with van der Waals surface area (Å²) in [5.74, 6) is 0.490. The molecule has 0 aliphatic carbocycles. The Morgan fingerprint density at radius 2 is 1.96 bits per heavy atom. The van der Waals surface area contributed by atoms with E-state index in [1.54, 1.807) is 6.08 Å². The first-order valence-electron chi connectivity index (χ1n) is 8.88. The molecule has 1 aliphatic rings.